The molecule has 17 heavy (non-hydrogen) atoms. The molecule has 0 aromatic carbocycles. The van der Waals surface area contributed by atoms with Gasteiger partial charge in [-0.2, -0.15) is 5.10 Å². The van der Waals surface area contributed by atoms with Crippen LogP contribution in [0.4, 0.5) is 5.82 Å². The van der Waals surface area contributed by atoms with Crippen LogP contribution in [0.25, 0.3) is 5.82 Å². The van der Waals surface area contributed by atoms with Gasteiger partial charge in [-0.1, -0.05) is 6.07 Å². The highest BCUT2D eigenvalue weighted by molar-refractivity contribution is 5.41. The molecule has 0 aliphatic carbocycles. The summed E-state index contributed by atoms with van der Waals surface area (Å²) in [6.45, 7) is 9.10. The van der Waals surface area contributed by atoms with Gasteiger partial charge in [0.2, 0.25) is 0 Å². The Balaban J connectivity index is 2.45. The summed E-state index contributed by atoms with van der Waals surface area (Å²) in [5.41, 5.74) is 3.42. The first-order chi connectivity index (χ1) is 8.13. The van der Waals surface area contributed by atoms with Gasteiger partial charge < -0.3 is 5.32 Å². The Labute approximate surface area is 102 Å². The molecule has 2 rings (SSSR count). The Morgan fingerprint density at radius 1 is 1.24 bits per heavy atom. The zero-order valence-corrected chi connectivity index (χ0v) is 10.8. The van der Waals surface area contributed by atoms with Crippen LogP contribution in [-0.2, 0) is 0 Å². The molecule has 0 aliphatic rings. The second-order valence-electron chi connectivity index (χ2n) is 4.12. The zero-order valence-electron chi connectivity index (χ0n) is 10.8. The lowest BCUT2D eigenvalue weighted by Gasteiger charge is -2.07. The van der Waals surface area contributed by atoms with Crippen LogP contribution < -0.4 is 5.32 Å². The van der Waals surface area contributed by atoms with Crippen molar-refractivity contribution in [3.8, 4) is 5.82 Å². The molecule has 0 saturated carbocycles. The molecule has 4 heteroatoms. The Morgan fingerprint density at radius 2 is 2.00 bits per heavy atom. The first kappa shape index (κ1) is 11.6. The fraction of sp³-hybridized carbons (Fsp3) is 0.385. The van der Waals surface area contributed by atoms with E-state index in [9.17, 15) is 0 Å². The maximum atomic E-state index is 4.54. The Morgan fingerprint density at radius 3 is 2.59 bits per heavy atom. The molecule has 0 unspecified atom stereocenters. The molecule has 2 aromatic heterocycles. The standard InChI is InChI=1S/C13H18N4/c1-5-14-12-7-6-8-13(15-12)17-11(4)9(2)10(3)16-17/h6-8H,5H2,1-4H3,(H,14,15). The normalized spacial score (nSPS) is 10.6. The van der Waals surface area contributed by atoms with E-state index < -0.39 is 0 Å². The van der Waals surface area contributed by atoms with Gasteiger partial charge in [-0.3, -0.25) is 0 Å². The van der Waals surface area contributed by atoms with E-state index >= 15 is 0 Å². The summed E-state index contributed by atoms with van der Waals surface area (Å²) < 4.78 is 1.89. The van der Waals surface area contributed by atoms with Crippen molar-refractivity contribution in [3.63, 3.8) is 0 Å². The number of anilines is 1. The van der Waals surface area contributed by atoms with Crippen molar-refractivity contribution in [2.45, 2.75) is 27.7 Å². The monoisotopic (exact) mass is 230 g/mol. The van der Waals surface area contributed by atoms with Crippen LogP contribution in [-0.4, -0.2) is 21.3 Å². The van der Waals surface area contributed by atoms with E-state index in [4.69, 9.17) is 0 Å². The predicted molar refractivity (Wildman–Crippen MR) is 69.7 cm³/mol. The molecule has 0 saturated heterocycles. The van der Waals surface area contributed by atoms with Gasteiger partial charge >= 0.3 is 0 Å². The molecule has 0 aliphatic heterocycles. The van der Waals surface area contributed by atoms with Crippen LogP contribution in [0.2, 0.25) is 0 Å². The number of pyridine rings is 1. The van der Waals surface area contributed by atoms with E-state index in [1.54, 1.807) is 0 Å². The second-order valence-corrected chi connectivity index (χ2v) is 4.12. The lowest BCUT2D eigenvalue weighted by molar-refractivity contribution is 0.806. The van der Waals surface area contributed by atoms with E-state index in [0.717, 1.165) is 29.6 Å². The number of rotatable bonds is 3. The molecule has 0 bridgehead atoms. The van der Waals surface area contributed by atoms with Gasteiger partial charge in [0.1, 0.15) is 5.82 Å². The maximum Gasteiger partial charge on any atom is 0.156 e. The molecule has 0 spiro atoms. The smallest absolute Gasteiger partial charge is 0.156 e. The first-order valence-electron chi connectivity index (χ1n) is 5.87. The van der Waals surface area contributed by atoms with Crippen molar-refractivity contribution in [2.24, 2.45) is 0 Å². The summed E-state index contributed by atoms with van der Waals surface area (Å²) in [5.74, 6) is 1.74. The summed E-state index contributed by atoms with van der Waals surface area (Å²) in [7, 11) is 0. The minimum Gasteiger partial charge on any atom is -0.370 e. The minimum atomic E-state index is 0.858. The highest BCUT2D eigenvalue weighted by atomic mass is 15.3. The van der Waals surface area contributed by atoms with E-state index in [-0.39, 0.29) is 0 Å². The fourth-order valence-electron chi connectivity index (χ4n) is 1.76. The highest BCUT2D eigenvalue weighted by Crippen LogP contribution is 2.16. The molecule has 0 atom stereocenters. The molecule has 0 amide bonds. The molecule has 2 aromatic rings. The van der Waals surface area contributed by atoms with Crippen LogP contribution in [0.3, 0.4) is 0 Å². The van der Waals surface area contributed by atoms with Crippen molar-refractivity contribution < 1.29 is 0 Å². The molecular weight excluding hydrogens is 212 g/mol. The predicted octanol–water partition coefficient (Wildman–Crippen LogP) is 2.62. The number of hydrogen-bond acceptors (Lipinski definition) is 3. The van der Waals surface area contributed by atoms with E-state index in [2.05, 4.69) is 36.2 Å². The molecular formula is C13H18N4. The largest absolute Gasteiger partial charge is 0.370 e. The van der Waals surface area contributed by atoms with Crippen LogP contribution in [0.1, 0.15) is 23.9 Å². The summed E-state index contributed by atoms with van der Waals surface area (Å²) >= 11 is 0. The van der Waals surface area contributed by atoms with Crippen molar-refractivity contribution >= 4 is 5.82 Å². The maximum absolute atomic E-state index is 4.54. The van der Waals surface area contributed by atoms with E-state index in [1.165, 1.54) is 5.56 Å². The topological polar surface area (TPSA) is 42.7 Å². The Hall–Kier alpha value is -1.84. The third kappa shape index (κ3) is 2.16. The summed E-state index contributed by atoms with van der Waals surface area (Å²) in [6, 6.07) is 5.93. The quantitative estimate of drug-likeness (QED) is 0.881. The van der Waals surface area contributed by atoms with Crippen molar-refractivity contribution in [2.75, 3.05) is 11.9 Å². The number of hydrogen-bond donors (Lipinski definition) is 1. The summed E-state index contributed by atoms with van der Waals surface area (Å²) in [6.07, 6.45) is 0. The highest BCUT2D eigenvalue weighted by Gasteiger charge is 2.09. The van der Waals surface area contributed by atoms with Gasteiger partial charge in [-0.05, 0) is 45.4 Å². The van der Waals surface area contributed by atoms with Crippen molar-refractivity contribution in [1.82, 2.24) is 14.8 Å². The third-order valence-electron chi connectivity index (χ3n) is 2.96. The number of nitrogens with one attached hydrogen (secondary N) is 1. The summed E-state index contributed by atoms with van der Waals surface area (Å²) in [5, 5.41) is 7.71. The van der Waals surface area contributed by atoms with Crippen LogP contribution in [0, 0.1) is 20.8 Å². The van der Waals surface area contributed by atoms with Gasteiger partial charge in [-0.25, -0.2) is 9.67 Å². The Kier molecular flexibility index (Phi) is 3.13. The number of aryl methyl sites for hydroxylation is 1. The van der Waals surface area contributed by atoms with Crippen LogP contribution in [0.15, 0.2) is 18.2 Å². The average Bonchev–Trinajstić information content (AvgIpc) is 2.58. The minimum absolute atomic E-state index is 0.858. The molecule has 0 fully saturated rings. The Bertz CT molecular complexity index is 528. The van der Waals surface area contributed by atoms with Crippen LogP contribution in [0.5, 0.6) is 0 Å². The number of aromatic nitrogens is 3. The van der Waals surface area contributed by atoms with E-state index in [1.807, 2.05) is 29.8 Å². The SMILES string of the molecule is CCNc1cccc(-n2nc(C)c(C)c2C)n1. The molecule has 1 N–H and O–H groups in total. The fourth-order valence-corrected chi connectivity index (χ4v) is 1.76. The van der Waals surface area contributed by atoms with Crippen LogP contribution >= 0.6 is 0 Å². The molecule has 4 nitrogen and oxygen atoms in total. The average molecular weight is 230 g/mol. The number of nitrogens with zero attached hydrogens (tertiary/aromatic N) is 3. The zero-order chi connectivity index (χ0) is 12.4. The lowest BCUT2D eigenvalue weighted by atomic mass is 10.2. The van der Waals surface area contributed by atoms with E-state index in [0.29, 0.717) is 0 Å². The van der Waals surface area contributed by atoms with Gasteiger partial charge in [0.15, 0.2) is 5.82 Å². The molecule has 90 valence electrons. The van der Waals surface area contributed by atoms with Gasteiger partial charge in [0, 0.05) is 12.2 Å². The molecule has 2 heterocycles. The van der Waals surface area contributed by atoms with Gasteiger partial charge in [-0.15, -0.1) is 0 Å². The van der Waals surface area contributed by atoms with Gasteiger partial charge in [0.25, 0.3) is 0 Å². The summed E-state index contributed by atoms with van der Waals surface area (Å²) in [4.78, 5) is 4.54. The van der Waals surface area contributed by atoms with Crippen molar-refractivity contribution in [1.29, 1.82) is 0 Å². The van der Waals surface area contributed by atoms with Gasteiger partial charge in [0.05, 0.1) is 5.69 Å². The van der Waals surface area contributed by atoms with Crippen molar-refractivity contribution in [3.05, 3.63) is 35.2 Å². The first-order valence-corrected chi connectivity index (χ1v) is 5.87. The lowest BCUT2D eigenvalue weighted by Crippen LogP contribution is -2.05. The molecule has 0 radical (unpaired) electrons. The second kappa shape index (κ2) is 4.57. The third-order valence-corrected chi connectivity index (χ3v) is 2.96.